The Morgan fingerprint density at radius 1 is 1.04 bits per heavy atom. The first kappa shape index (κ1) is 19.1. The maximum Gasteiger partial charge on any atom is 0.228 e. The van der Waals surface area contributed by atoms with Crippen LogP contribution < -0.4 is 4.90 Å². The molecule has 2 aliphatic heterocycles. The summed E-state index contributed by atoms with van der Waals surface area (Å²) in [5.41, 5.74) is 3.58. The zero-order valence-corrected chi connectivity index (χ0v) is 17.0. The van der Waals surface area contributed by atoms with Gasteiger partial charge in [-0.05, 0) is 36.6 Å². The second kappa shape index (κ2) is 8.39. The molecule has 0 bridgehead atoms. The molecule has 2 fully saturated rings. The van der Waals surface area contributed by atoms with Gasteiger partial charge < -0.3 is 9.80 Å². The molecule has 146 valence electrons. The number of aryl methyl sites for hydroxylation is 1. The highest BCUT2D eigenvalue weighted by atomic mass is 32.2. The van der Waals surface area contributed by atoms with E-state index >= 15 is 0 Å². The number of anilines is 1. The summed E-state index contributed by atoms with van der Waals surface area (Å²) in [5.74, 6) is 0.894. The molecule has 0 saturated carbocycles. The maximum absolute atomic E-state index is 13.1. The molecular weight excluding hydrogens is 368 g/mol. The molecule has 28 heavy (non-hydrogen) atoms. The Morgan fingerprint density at radius 3 is 2.57 bits per heavy atom. The quantitative estimate of drug-likeness (QED) is 0.788. The van der Waals surface area contributed by atoms with Crippen molar-refractivity contribution in [2.24, 2.45) is 5.92 Å². The van der Waals surface area contributed by atoms with Crippen LogP contribution in [0.5, 0.6) is 0 Å². The van der Waals surface area contributed by atoms with Crippen molar-refractivity contribution in [2.75, 3.05) is 30.3 Å². The highest BCUT2D eigenvalue weighted by Gasteiger charge is 2.37. The number of amides is 2. The van der Waals surface area contributed by atoms with Gasteiger partial charge in [0.1, 0.15) is 0 Å². The predicted molar refractivity (Wildman–Crippen MR) is 114 cm³/mol. The number of thioether (sulfide) groups is 1. The molecule has 2 aromatic carbocycles. The first-order valence-corrected chi connectivity index (χ1v) is 11.0. The summed E-state index contributed by atoms with van der Waals surface area (Å²) < 4.78 is 0. The van der Waals surface area contributed by atoms with Crippen LogP contribution in [0, 0.1) is 12.8 Å². The van der Waals surface area contributed by atoms with Gasteiger partial charge in [-0.15, -0.1) is 0 Å². The first-order chi connectivity index (χ1) is 13.6. The SMILES string of the molecule is Cc1ccccc1C1CCN(C(=O)C2CC(=O)N(c3ccccc3)C2)CCS1. The fraction of sp³-hybridized carbons (Fsp3) is 0.391. The summed E-state index contributed by atoms with van der Waals surface area (Å²) >= 11 is 1.94. The van der Waals surface area contributed by atoms with Gasteiger partial charge in [-0.3, -0.25) is 9.59 Å². The summed E-state index contributed by atoms with van der Waals surface area (Å²) in [6.07, 6.45) is 1.28. The highest BCUT2D eigenvalue weighted by molar-refractivity contribution is 7.99. The van der Waals surface area contributed by atoms with Gasteiger partial charge in [0.2, 0.25) is 11.8 Å². The third-order valence-electron chi connectivity index (χ3n) is 5.73. The molecule has 0 radical (unpaired) electrons. The Morgan fingerprint density at radius 2 is 1.79 bits per heavy atom. The van der Waals surface area contributed by atoms with Gasteiger partial charge in [0.25, 0.3) is 0 Å². The standard InChI is InChI=1S/C23H26N2O2S/c1-17-7-5-6-10-20(17)21-11-12-24(13-14-28-21)23(27)18-15-22(26)25(16-18)19-8-3-2-4-9-19/h2-10,18,21H,11-16H2,1H3. The molecule has 2 aliphatic rings. The van der Waals surface area contributed by atoms with Gasteiger partial charge in [-0.25, -0.2) is 0 Å². The number of carbonyl (C=O) groups is 2. The zero-order chi connectivity index (χ0) is 19.5. The number of rotatable bonds is 3. The average Bonchev–Trinajstić information content (AvgIpc) is 2.95. The second-order valence-corrected chi connectivity index (χ2v) is 8.88. The minimum Gasteiger partial charge on any atom is -0.342 e. The number of para-hydroxylation sites is 1. The maximum atomic E-state index is 13.1. The van der Waals surface area contributed by atoms with Gasteiger partial charge in [0.15, 0.2) is 0 Å². The molecule has 2 atom stereocenters. The van der Waals surface area contributed by atoms with Crippen LogP contribution in [0.1, 0.15) is 29.2 Å². The summed E-state index contributed by atoms with van der Waals surface area (Å²) in [4.78, 5) is 29.3. The van der Waals surface area contributed by atoms with Crippen molar-refractivity contribution in [3.63, 3.8) is 0 Å². The van der Waals surface area contributed by atoms with Crippen LogP contribution in [0.15, 0.2) is 54.6 Å². The van der Waals surface area contributed by atoms with Gasteiger partial charge in [0.05, 0.1) is 5.92 Å². The Kier molecular flexibility index (Phi) is 5.72. The minimum absolute atomic E-state index is 0.0477. The number of nitrogens with zero attached hydrogens (tertiary/aromatic N) is 2. The normalized spacial score (nSPS) is 23.0. The Hall–Kier alpha value is -2.27. The van der Waals surface area contributed by atoms with E-state index in [-0.39, 0.29) is 17.7 Å². The van der Waals surface area contributed by atoms with Crippen LogP contribution in [0.4, 0.5) is 5.69 Å². The Balaban J connectivity index is 1.40. The highest BCUT2D eigenvalue weighted by Crippen LogP contribution is 2.36. The number of benzene rings is 2. The molecule has 0 aliphatic carbocycles. The van der Waals surface area contributed by atoms with Crippen LogP contribution in [-0.2, 0) is 9.59 Å². The van der Waals surface area contributed by atoms with E-state index in [1.165, 1.54) is 11.1 Å². The molecule has 0 aromatic heterocycles. The van der Waals surface area contributed by atoms with Crippen molar-refractivity contribution in [2.45, 2.75) is 25.0 Å². The molecule has 5 heteroatoms. The van der Waals surface area contributed by atoms with E-state index in [1.54, 1.807) is 4.90 Å². The molecule has 0 spiro atoms. The van der Waals surface area contributed by atoms with Crippen LogP contribution in [0.3, 0.4) is 0 Å². The van der Waals surface area contributed by atoms with Crippen molar-refractivity contribution < 1.29 is 9.59 Å². The lowest BCUT2D eigenvalue weighted by molar-refractivity contribution is -0.135. The monoisotopic (exact) mass is 394 g/mol. The summed E-state index contributed by atoms with van der Waals surface area (Å²) in [5, 5.41) is 0.435. The Labute approximate surface area is 170 Å². The molecule has 4 nitrogen and oxygen atoms in total. The van der Waals surface area contributed by atoms with E-state index in [1.807, 2.05) is 47.0 Å². The molecule has 2 saturated heterocycles. The van der Waals surface area contributed by atoms with Crippen molar-refractivity contribution in [3.05, 3.63) is 65.7 Å². The van der Waals surface area contributed by atoms with Crippen LogP contribution >= 0.6 is 11.8 Å². The summed E-state index contributed by atoms with van der Waals surface area (Å²) in [6.45, 7) is 4.18. The lowest BCUT2D eigenvalue weighted by Gasteiger charge is -2.24. The molecular formula is C23H26N2O2S. The largest absolute Gasteiger partial charge is 0.342 e. The molecule has 2 heterocycles. The molecule has 2 amide bonds. The van der Waals surface area contributed by atoms with E-state index in [9.17, 15) is 9.59 Å². The van der Waals surface area contributed by atoms with Crippen LogP contribution in [0.2, 0.25) is 0 Å². The van der Waals surface area contributed by atoms with Crippen LogP contribution in [0.25, 0.3) is 0 Å². The summed E-state index contributed by atoms with van der Waals surface area (Å²) in [6, 6.07) is 18.2. The van der Waals surface area contributed by atoms with Crippen LogP contribution in [-0.4, -0.2) is 42.1 Å². The fourth-order valence-electron chi connectivity index (χ4n) is 4.18. The topological polar surface area (TPSA) is 40.6 Å². The van der Waals surface area contributed by atoms with Crippen molar-refractivity contribution >= 4 is 29.3 Å². The van der Waals surface area contributed by atoms with Crippen molar-refractivity contribution in [1.29, 1.82) is 0 Å². The van der Waals surface area contributed by atoms with E-state index in [2.05, 4.69) is 31.2 Å². The van der Waals surface area contributed by atoms with Crippen molar-refractivity contribution in [3.8, 4) is 0 Å². The van der Waals surface area contributed by atoms with Gasteiger partial charge in [-0.1, -0.05) is 42.5 Å². The zero-order valence-electron chi connectivity index (χ0n) is 16.2. The molecule has 2 unspecified atom stereocenters. The third kappa shape index (κ3) is 3.95. The third-order valence-corrected chi connectivity index (χ3v) is 7.04. The fourth-order valence-corrected chi connectivity index (χ4v) is 5.50. The lowest BCUT2D eigenvalue weighted by atomic mass is 10.0. The van der Waals surface area contributed by atoms with Gasteiger partial charge in [-0.2, -0.15) is 11.8 Å². The Bertz CT molecular complexity index is 855. The molecule has 0 N–H and O–H groups in total. The smallest absolute Gasteiger partial charge is 0.228 e. The second-order valence-electron chi connectivity index (χ2n) is 7.57. The predicted octanol–water partition coefficient (Wildman–Crippen LogP) is 4.05. The van der Waals surface area contributed by atoms with Gasteiger partial charge >= 0.3 is 0 Å². The molecule has 4 rings (SSSR count). The van der Waals surface area contributed by atoms with Gasteiger partial charge in [0, 0.05) is 42.7 Å². The number of carbonyl (C=O) groups excluding carboxylic acids is 2. The van der Waals surface area contributed by atoms with E-state index in [0.717, 1.165) is 31.0 Å². The lowest BCUT2D eigenvalue weighted by Crippen LogP contribution is -2.38. The molecule has 2 aromatic rings. The number of hydrogen-bond donors (Lipinski definition) is 0. The van der Waals surface area contributed by atoms with E-state index in [0.29, 0.717) is 18.2 Å². The average molecular weight is 395 g/mol. The van der Waals surface area contributed by atoms with E-state index in [4.69, 9.17) is 0 Å². The number of hydrogen-bond acceptors (Lipinski definition) is 3. The van der Waals surface area contributed by atoms with E-state index < -0.39 is 0 Å². The van der Waals surface area contributed by atoms with Crippen molar-refractivity contribution in [1.82, 2.24) is 4.90 Å². The summed E-state index contributed by atoms with van der Waals surface area (Å²) in [7, 11) is 0. The first-order valence-electron chi connectivity index (χ1n) is 9.95. The minimum atomic E-state index is -0.229.